The normalized spacial score (nSPS) is 27.6. The standard InChI is InChI=1S/C11H15O6/c1-7(12)15-6-10-9(16-8(2)13)4-5-11(14-3)17-10/h4-5,9-11H,3,6H2,1-2H3/q-1/t9?,10-,11?/m1/s1. The summed E-state index contributed by atoms with van der Waals surface area (Å²) in [5.41, 5.74) is 0. The Hall–Kier alpha value is -1.40. The van der Waals surface area contributed by atoms with E-state index < -0.39 is 30.4 Å². The Morgan fingerprint density at radius 2 is 2.00 bits per heavy atom. The van der Waals surface area contributed by atoms with Gasteiger partial charge < -0.3 is 18.9 Å². The molecule has 1 heterocycles. The molecule has 0 bridgehead atoms. The number of esters is 2. The van der Waals surface area contributed by atoms with Crippen LogP contribution in [0.3, 0.4) is 0 Å². The highest BCUT2D eigenvalue weighted by Crippen LogP contribution is 2.17. The molecule has 6 heteroatoms. The van der Waals surface area contributed by atoms with Crippen LogP contribution in [-0.2, 0) is 28.5 Å². The summed E-state index contributed by atoms with van der Waals surface area (Å²) in [6, 6.07) is 0. The molecule has 0 N–H and O–H groups in total. The van der Waals surface area contributed by atoms with Crippen LogP contribution in [0, 0.1) is 7.11 Å². The third-order valence-electron chi connectivity index (χ3n) is 2.05. The van der Waals surface area contributed by atoms with E-state index in [9.17, 15) is 9.59 Å². The van der Waals surface area contributed by atoms with Crippen molar-refractivity contribution in [2.75, 3.05) is 6.61 Å². The fourth-order valence-corrected chi connectivity index (χ4v) is 1.35. The van der Waals surface area contributed by atoms with Gasteiger partial charge in [0.2, 0.25) is 0 Å². The highest BCUT2D eigenvalue weighted by Gasteiger charge is 2.29. The van der Waals surface area contributed by atoms with Crippen LogP contribution in [0.1, 0.15) is 13.8 Å². The lowest BCUT2D eigenvalue weighted by Crippen LogP contribution is -2.41. The Bertz CT molecular complexity index is 311. The number of carbonyl (C=O) groups excluding carboxylic acids is 2. The van der Waals surface area contributed by atoms with E-state index in [4.69, 9.17) is 18.9 Å². The summed E-state index contributed by atoms with van der Waals surface area (Å²) in [6.45, 7) is 2.56. The molecule has 1 rings (SSSR count). The Labute approximate surface area is 99.5 Å². The summed E-state index contributed by atoms with van der Waals surface area (Å²) < 4.78 is 19.9. The maximum absolute atomic E-state index is 10.9. The van der Waals surface area contributed by atoms with Crippen molar-refractivity contribution in [1.29, 1.82) is 0 Å². The van der Waals surface area contributed by atoms with E-state index in [1.54, 1.807) is 12.2 Å². The van der Waals surface area contributed by atoms with Crippen molar-refractivity contribution in [3.8, 4) is 0 Å². The van der Waals surface area contributed by atoms with Crippen molar-refractivity contribution in [1.82, 2.24) is 0 Å². The second-order valence-electron chi connectivity index (χ2n) is 3.47. The highest BCUT2D eigenvalue weighted by atomic mass is 16.7. The van der Waals surface area contributed by atoms with Crippen molar-refractivity contribution >= 4 is 11.9 Å². The number of hydrogen-bond acceptors (Lipinski definition) is 6. The van der Waals surface area contributed by atoms with Gasteiger partial charge in [-0.3, -0.25) is 9.59 Å². The van der Waals surface area contributed by atoms with Gasteiger partial charge in [0, 0.05) is 13.8 Å². The summed E-state index contributed by atoms with van der Waals surface area (Å²) in [5.74, 6) is -0.873. The lowest BCUT2D eigenvalue weighted by atomic mass is 10.1. The summed E-state index contributed by atoms with van der Waals surface area (Å²) in [4.78, 5) is 21.6. The second-order valence-corrected chi connectivity index (χ2v) is 3.47. The molecular weight excluding hydrogens is 228 g/mol. The van der Waals surface area contributed by atoms with Gasteiger partial charge in [-0.15, -0.1) is 0 Å². The van der Waals surface area contributed by atoms with E-state index in [0.29, 0.717) is 0 Å². The first-order chi connectivity index (χ1) is 8.02. The fourth-order valence-electron chi connectivity index (χ4n) is 1.35. The molecular formula is C11H15O6-. The number of ether oxygens (including phenoxy) is 4. The van der Waals surface area contributed by atoms with Crippen LogP contribution >= 0.6 is 0 Å². The van der Waals surface area contributed by atoms with E-state index in [-0.39, 0.29) is 6.61 Å². The Morgan fingerprint density at radius 3 is 2.53 bits per heavy atom. The highest BCUT2D eigenvalue weighted by molar-refractivity contribution is 5.66. The zero-order chi connectivity index (χ0) is 12.8. The van der Waals surface area contributed by atoms with Crippen molar-refractivity contribution in [2.24, 2.45) is 0 Å². The van der Waals surface area contributed by atoms with Crippen LogP contribution in [0.5, 0.6) is 0 Å². The lowest BCUT2D eigenvalue weighted by molar-refractivity contribution is -0.185. The molecule has 0 spiro atoms. The van der Waals surface area contributed by atoms with E-state index in [2.05, 4.69) is 7.11 Å². The lowest BCUT2D eigenvalue weighted by Gasteiger charge is -2.32. The first-order valence-electron chi connectivity index (χ1n) is 5.08. The monoisotopic (exact) mass is 243 g/mol. The van der Waals surface area contributed by atoms with Gasteiger partial charge in [-0.25, -0.2) is 7.11 Å². The molecule has 0 aromatic rings. The van der Waals surface area contributed by atoms with E-state index in [1.165, 1.54) is 13.8 Å². The minimum absolute atomic E-state index is 0.0164. The molecule has 3 atom stereocenters. The molecule has 0 saturated carbocycles. The first kappa shape index (κ1) is 13.7. The maximum Gasteiger partial charge on any atom is 0.303 e. The van der Waals surface area contributed by atoms with Crippen LogP contribution in [0.2, 0.25) is 0 Å². The van der Waals surface area contributed by atoms with Gasteiger partial charge in [0.05, 0.1) is 0 Å². The molecule has 0 aromatic carbocycles. The Morgan fingerprint density at radius 1 is 1.29 bits per heavy atom. The topological polar surface area (TPSA) is 71.1 Å². The summed E-state index contributed by atoms with van der Waals surface area (Å²) in [7, 11) is 3.23. The molecule has 6 nitrogen and oxygen atoms in total. The van der Waals surface area contributed by atoms with Gasteiger partial charge in [-0.1, -0.05) is 0 Å². The minimum atomic E-state index is -0.637. The van der Waals surface area contributed by atoms with Crippen molar-refractivity contribution < 1.29 is 28.5 Å². The van der Waals surface area contributed by atoms with Crippen LogP contribution in [0.15, 0.2) is 12.2 Å². The van der Waals surface area contributed by atoms with Crippen LogP contribution in [0.4, 0.5) is 0 Å². The van der Waals surface area contributed by atoms with E-state index >= 15 is 0 Å². The predicted molar refractivity (Wildman–Crippen MR) is 56.4 cm³/mol. The second kappa shape index (κ2) is 6.36. The molecule has 0 amide bonds. The van der Waals surface area contributed by atoms with Crippen molar-refractivity contribution in [2.45, 2.75) is 32.3 Å². The van der Waals surface area contributed by atoms with E-state index in [1.807, 2.05) is 0 Å². The smallest absolute Gasteiger partial charge is 0.303 e. The molecule has 2 unspecified atom stereocenters. The molecule has 0 saturated heterocycles. The number of rotatable bonds is 4. The third kappa shape index (κ3) is 4.54. The molecule has 0 aliphatic carbocycles. The molecule has 0 aromatic heterocycles. The van der Waals surface area contributed by atoms with Crippen LogP contribution in [-0.4, -0.2) is 37.0 Å². The molecule has 1 aliphatic rings. The maximum atomic E-state index is 10.9. The van der Waals surface area contributed by atoms with Crippen molar-refractivity contribution in [3.63, 3.8) is 0 Å². The zero-order valence-electron chi connectivity index (χ0n) is 9.75. The van der Waals surface area contributed by atoms with Gasteiger partial charge in [0.25, 0.3) is 0 Å². The average Bonchev–Trinajstić information content (AvgIpc) is 2.27. The third-order valence-corrected chi connectivity index (χ3v) is 2.05. The first-order valence-corrected chi connectivity index (χ1v) is 5.08. The summed E-state index contributed by atoms with van der Waals surface area (Å²) in [6.07, 6.45) is 1.36. The zero-order valence-corrected chi connectivity index (χ0v) is 9.75. The largest absolute Gasteiger partial charge is 0.530 e. The quantitative estimate of drug-likeness (QED) is 0.408. The molecule has 1 aliphatic heterocycles. The molecule has 0 radical (unpaired) electrons. The average molecular weight is 243 g/mol. The SMILES string of the molecule is [CH2-]OC1C=CC(OC(C)=O)[C@@H](COC(C)=O)O1. The fraction of sp³-hybridized carbons (Fsp3) is 0.545. The van der Waals surface area contributed by atoms with Crippen molar-refractivity contribution in [3.05, 3.63) is 19.3 Å². The van der Waals surface area contributed by atoms with E-state index in [0.717, 1.165) is 0 Å². The van der Waals surface area contributed by atoms with Gasteiger partial charge in [-0.05, 0) is 12.2 Å². The summed E-state index contributed by atoms with van der Waals surface area (Å²) >= 11 is 0. The van der Waals surface area contributed by atoms with Gasteiger partial charge in [0.1, 0.15) is 25.1 Å². The number of hydrogen-bond donors (Lipinski definition) is 0. The summed E-state index contributed by atoms with van der Waals surface area (Å²) in [5, 5.41) is 0. The van der Waals surface area contributed by atoms with Crippen LogP contribution < -0.4 is 0 Å². The number of carbonyl (C=O) groups is 2. The van der Waals surface area contributed by atoms with Crippen LogP contribution in [0.25, 0.3) is 0 Å². The molecule has 96 valence electrons. The minimum Gasteiger partial charge on any atom is -0.530 e. The van der Waals surface area contributed by atoms with Gasteiger partial charge in [-0.2, -0.15) is 0 Å². The Balaban J connectivity index is 2.62. The van der Waals surface area contributed by atoms with Gasteiger partial charge in [0.15, 0.2) is 0 Å². The van der Waals surface area contributed by atoms with Gasteiger partial charge >= 0.3 is 11.9 Å². The Kier molecular flexibility index (Phi) is 5.11. The molecule has 0 fully saturated rings. The predicted octanol–water partition coefficient (Wildman–Crippen LogP) is 0.570. The molecule has 17 heavy (non-hydrogen) atoms.